The molecule has 1 aromatic heterocycles. The largest absolute Gasteiger partial charge is 0.310 e. The van der Waals surface area contributed by atoms with Crippen LogP contribution in [-0.2, 0) is 25.9 Å². The van der Waals surface area contributed by atoms with Crippen LogP contribution in [0, 0.1) is 0 Å². The lowest BCUT2D eigenvalue weighted by molar-refractivity contribution is 0.429. The molecule has 1 saturated carbocycles. The van der Waals surface area contributed by atoms with Gasteiger partial charge in [-0.3, -0.25) is 9.07 Å². The van der Waals surface area contributed by atoms with Crippen molar-refractivity contribution < 1.29 is 4.39 Å². The van der Waals surface area contributed by atoms with Crippen molar-refractivity contribution >= 4 is 0 Å². The lowest BCUT2D eigenvalue weighted by Gasteiger charge is -2.08. The van der Waals surface area contributed by atoms with Gasteiger partial charge in [0.2, 0.25) is 0 Å². The van der Waals surface area contributed by atoms with E-state index in [0.717, 1.165) is 19.4 Å². The Labute approximate surface area is 109 Å². The first-order valence-corrected chi connectivity index (χ1v) is 7.16. The molecule has 0 unspecified atom stereocenters. The number of aryl methyl sites for hydroxylation is 2. The summed E-state index contributed by atoms with van der Waals surface area (Å²) >= 11 is 0. The lowest BCUT2D eigenvalue weighted by atomic mass is 10.1. The van der Waals surface area contributed by atoms with Gasteiger partial charge in [-0.2, -0.15) is 5.10 Å². The van der Waals surface area contributed by atoms with E-state index in [1.54, 1.807) is 0 Å². The van der Waals surface area contributed by atoms with Crippen LogP contribution in [0.15, 0.2) is 0 Å². The van der Waals surface area contributed by atoms with Crippen LogP contribution in [0.1, 0.15) is 50.1 Å². The molecule has 0 saturated heterocycles. The van der Waals surface area contributed by atoms with Crippen LogP contribution in [0.4, 0.5) is 4.39 Å². The molecular formula is C14H24FN3. The SMILES string of the molecule is CCc1nn(CCCF)c(CC)c1CNC1CC1. The van der Waals surface area contributed by atoms with E-state index >= 15 is 0 Å². The molecule has 2 rings (SSSR count). The number of aromatic nitrogens is 2. The second kappa shape index (κ2) is 6.32. The first-order chi connectivity index (χ1) is 8.80. The van der Waals surface area contributed by atoms with Gasteiger partial charge in [0, 0.05) is 30.4 Å². The molecule has 0 aromatic carbocycles. The Morgan fingerprint density at radius 1 is 1.33 bits per heavy atom. The van der Waals surface area contributed by atoms with E-state index in [1.165, 1.54) is 29.8 Å². The Morgan fingerprint density at radius 2 is 2.11 bits per heavy atom. The zero-order valence-electron chi connectivity index (χ0n) is 11.5. The van der Waals surface area contributed by atoms with Crippen LogP contribution in [0.25, 0.3) is 0 Å². The van der Waals surface area contributed by atoms with E-state index in [0.29, 0.717) is 19.0 Å². The predicted molar refractivity (Wildman–Crippen MR) is 71.4 cm³/mol. The number of hydrogen-bond donors (Lipinski definition) is 1. The van der Waals surface area contributed by atoms with Crippen molar-refractivity contribution in [2.75, 3.05) is 6.67 Å². The molecule has 0 aliphatic heterocycles. The molecule has 0 bridgehead atoms. The zero-order valence-corrected chi connectivity index (χ0v) is 11.5. The molecule has 0 spiro atoms. The van der Waals surface area contributed by atoms with Crippen molar-refractivity contribution in [3.8, 4) is 0 Å². The van der Waals surface area contributed by atoms with E-state index in [2.05, 4.69) is 24.3 Å². The van der Waals surface area contributed by atoms with Gasteiger partial charge in [0.1, 0.15) is 0 Å². The first-order valence-electron chi connectivity index (χ1n) is 7.16. The predicted octanol–water partition coefficient (Wildman–Crippen LogP) is 2.62. The summed E-state index contributed by atoms with van der Waals surface area (Å²) in [6, 6.07) is 0.716. The van der Waals surface area contributed by atoms with Gasteiger partial charge in [0.25, 0.3) is 0 Å². The molecule has 102 valence electrons. The van der Waals surface area contributed by atoms with Crippen LogP contribution >= 0.6 is 0 Å². The average Bonchev–Trinajstić information content (AvgIpc) is 3.15. The van der Waals surface area contributed by atoms with E-state index in [9.17, 15) is 4.39 Å². The second-order valence-corrected chi connectivity index (χ2v) is 5.00. The monoisotopic (exact) mass is 253 g/mol. The van der Waals surface area contributed by atoms with Crippen molar-refractivity contribution in [1.82, 2.24) is 15.1 Å². The van der Waals surface area contributed by atoms with E-state index in [1.807, 2.05) is 4.68 Å². The molecule has 1 aliphatic carbocycles. The smallest absolute Gasteiger partial charge is 0.0912 e. The topological polar surface area (TPSA) is 29.9 Å². The molecule has 1 heterocycles. The third-order valence-corrected chi connectivity index (χ3v) is 3.57. The minimum Gasteiger partial charge on any atom is -0.310 e. The summed E-state index contributed by atoms with van der Waals surface area (Å²) < 4.78 is 14.3. The van der Waals surface area contributed by atoms with Gasteiger partial charge in [0.05, 0.1) is 12.4 Å². The summed E-state index contributed by atoms with van der Waals surface area (Å²) in [7, 11) is 0. The van der Waals surface area contributed by atoms with Crippen molar-refractivity contribution in [2.45, 2.75) is 65.1 Å². The highest BCUT2D eigenvalue weighted by Crippen LogP contribution is 2.22. The Morgan fingerprint density at radius 3 is 2.67 bits per heavy atom. The van der Waals surface area contributed by atoms with E-state index in [-0.39, 0.29) is 6.67 Å². The van der Waals surface area contributed by atoms with Crippen LogP contribution in [0.5, 0.6) is 0 Å². The molecule has 0 atom stereocenters. The van der Waals surface area contributed by atoms with Gasteiger partial charge in [0.15, 0.2) is 0 Å². The third-order valence-electron chi connectivity index (χ3n) is 3.57. The van der Waals surface area contributed by atoms with Gasteiger partial charge in [-0.1, -0.05) is 13.8 Å². The molecule has 1 fully saturated rings. The number of hydrogen-bond acceptors (Lipinski definition) is 2. The van der Waals surface area contributed by atoms with Crippen molar-refractivity contribution in [1.29, 1.82) is 0 Å². The molecule has 1 aliphatic rings. The molecular weight excluding hydrogens is 229 g/mol. The van der Waals surface area contributed by atoms with Crippen molar-refractivity contribution in [3.05, 3.63) is 17.0 Å². The lowest BCUT2D eigenvalue weighted by Crippen LogP contribution is -2.17. The molecule has 18 heavy (non-hydrogen) atoms. The quantitative estimate of drug-likeness (QED) is 0.772. The van der Waals surface area contributed by atoms with Crippen molar-refractivity contribution in [3.63, 3.8) is 0 Å². The van der Waals surface area contributed by atoms with Crippen molar-refractivity contribution in [2.24, 2.45) is 0 Å². The third kappa shape index (κ3) is 3.10. The maximum absolute atomic E-state index is 12.3. The fourth-order valence-electron chi connectivity index (χ4n) is 2.40. The van der Waals surface area contributed by atoms with Gasteiger partial charge in [-0.25, -0.2) is 0 Å². The number of rotatable bonds is 8. The van der Waals surface area contributed by atoms with Crippen LogP contribution in [0.3, 0.4) is 0 Å². The van der Waals surface area contributed by atoms with E-state index < -0.39 is 0 Å². The van der Waals surface area contributed by atoms with Crippen LogP contribution in [-0.4, -0.2) is 22.5 Å². The summed E-state index contributed by atoms with van der Waals surface area (Å²) in [5.41, 5.74) is 3.82. The van der Waals surface area contributed by atoms with Gasteiger partial charge < -0.3 is 5.32 Å². The Hall–Kier alpha value is -0.900. The normalized spacial score (nSPS) is 15.3. The highest BCUT2D eigenvalue weighted by atomic mass is 19.1. The maximum atomic E-state index is 12.3. The highest BCUT2D eigenvalue weighted by molar-refractivity contribution is 5.27. The molecule has 0 radical (unpaired) electrons. The summed E-state index contributed by atoms with van der Waals surface area (Å²) in [5.74, 6) is 0. The number of nitrogens with one attached hydrogen (secondary N) is 1. The average molecular weight is 253 g/mol. The van der Waals surface area contributed by atoms with Gasteiger partial charge >= 0.3 is 0 Å². The highest BCUT2D eigenvalue weighted by Gasteiger charge is 2.22. The molecule has 4 heteroatoms. The fourth-order valence-corrected chi connectivity index (χ4v) is 2.40. The van der Waals surface area contributed by atoms with Crippen LogP contribution < -0.4 is 5.32 Å². The summed E-state index contributed by atoms with van der Waals surface area (Å²) in [6.45, 7) is 5.66. The second-order valence-electron chi connectivity index (χ2n) is 5.00. The molecule has 0 amide bonds. The van der Waals surface area contributed by atoms with Gasteiger partial charge in [-0.05, 0) is 32.1 Å². The number of alkyl halides is 1. The van der Waals surface area contributed by atoms with Crippen LogP contribution in [0.2, 0.25) is 0 Å². The summed E-state index contributed by atoms with van der Waals surface area (Å²) in [5, 5.41) is 8.21. The minimum absolute atomic E-state index is 0.264. The first kappa shape index (κ1) is 13.5. The van der Waals surface area contributed by atoms with E-state index in [4.69, 9.17) is 0 Å². The Balaban J connectivity index is 2.13. The Kier molecular flexibility index (Phi) is 4.75. The summed E-state index contributed by atoms with van der Waals surface area (Å²) in [6.07, 6.45) is 5.10. The number of nitrogens with zero attached hydrogens (tertiary/aromatic N) is 2. The molecule has 1 N–H and O–H groups in total. The minimum atomic E-state index is -0.264. The summed E-state index contributed by atoms with van der Waals surface area (Å²) in [4.78, 5) is 0. The Bertz CT molecular complexity index is 383. The standard InChI is InChI=1S/C14H24FN3/c1-3-13-12(10-16-11-6-7-11)14(4-2)18(17-13)9-5-8-15/h11,16H,3-10H2,1-2H3. The number of halogens is 1. The maximum Gasteiger partial charge on any atom is 0.0912 e. The molecule has 3 nitrogen and oxygen atoms in total. The fraction of sp³-hybridized carbons (Fsp3) is 0.786. The van der Waals surface area contributed by atoms with Gasteiger partial charge in [-0.15, -0.1) is 0 Å². The molecule has 1 aromatic rings. The zero-order chi connectivity index (χ0) is 13.0.